The quantitative estimate of drug-likeness (QED) is 0.103. The minimum Gasteiger partial charge on any atom is -0.487 e. The maximum Gasteiger partial charge on any atom is 0.282 e. The molecule has 8 nitrogen and oxygen atoms in total. The number of nitrogens with zero attached hydrogens (tertiary/aromatic N) is 4. The molecule has 0 aliphatic carbocycles. The van der Waals surface area contributed by atoms with Crippen LogP contribution in [0.25, 0.3) is 10.9 Å². The van der Waals surface area contributed by atoms with Gasteiger partial charge in [-0.3, -0.25) is 14.9 Å². The molecule has 0 amide bonds. The molecule has 0 atom stereocenters. The van der Waals surface area contributed by atoms with E-state index in [0.717, 1.165) is 28.4 Å². The Morgan fingerprint density at radius 2 is 1.78 bits per heavy atom. The van der Waals surface area contributed by atoms with Crippen molar-refractivity contribution in [2.24, 2.45) is 5.10 Å². The van der Waals surface area contributed by atoms with Crippen molar-refractivity contribution in [3.05, 3.63) is 105 Å². The Balaban J connectivity index is 1.60. The number of fused-ring (bicyclic) bond motifs is 1. The Morgan fingerprint density at radius 1 is 1.08 bits per heavy atom. The zero-order chi connectivity index (χ0) is 26.5. The van der Waals surface area contributed by atoms with Crippen molar-refractivity contribution in [2.75, 3.05) is 0 Å². The van der Waals surface area contributed by atoms with Crippen molar-refractivity contribution in [3.8, 4) is 5.75 Å². The Bertz CT molecular complexity index is 1530. The number of ether oxygens (including phenoxy) is 1. The predicted molar refractivity (Wildman–Crippen MR) is 155 cm³/mol. The summed E-state index contributed by atoms with van der Waals surface area (Å²) in [5.74, 6) is 1.19. The number of unbranched alkanes of at least 4 members (excludes halogenated alkanes) is 1. The molecule has 0 fully saturated rings. The summed E-state index contributed by atoms with van der Waals surface area (Å²) >= 11 is 10.5. The van der Waals surface area contributed by atoms with Crippen LogP contribution in [0, 0.1) is 10.1 Å². The van der Waals surface area contributed by atoms with E-state index >= 15 is 0 Å². The molecule has 0 bridgehead atoms. The topological polar surface area (TPSA) is 99.6 Å². The van der Waals surface area contributed by atoms with Crippen LogP contribution in [0.1, 0.15) is 36.7 Å². The number of nitro groups is 1. The number of hydrogen-bond acceptors (Lipinski definition) is 6. The Labute approximate surface area is 237 Å². The number of halogens is 3. The third kappa shape index (κ3) is 6.52. The standard InChI is InChI=1S/C26H21Br3N4O4/c1-2-3-4-24-31-23-10-7-18(27)13-20(23)26(34)32(24)30-14-17-11-21(28)25(22(29)12-17)37-15-16-5-8-19(9-6-16)33(35)36/h5-14H,2-4,15H2,1H3. The number of nitro benzene ring substituents is 1. The van der Waals surface area contributed by atoms with E-state index < -0.39 is 4.92 Å². The summed E-state index contributed by atoms with van der Waals surface area (Å²) < 4.78 is 9.47. The number of aryl methyl sites for hydroxylation is 1. The molecule has 11 heteroatoms. The van der Waals surface area contributed by atoms with Crippen molar-refractivity contribution in [2.45, 2.75) is 32.8 Å². The van der Waals surface area contributed by atoms with Crippen LogP contribution in [0.15, 0.2) is 77.9 Å². The molecule has 0 saturated carbocycles. The average Bonchev–Trinajstić information content (AvgIpc) is 2.87. The Kier molecular flexibility index (Phi) is 8.88. The first-order valence-electron chi connectivity index (χ1n) is 11.4. The highest BCUT2D eigenvalue weighted by Gasteiger charge is 2.13. The maximum absolute atomic E-state index is 13.3. The van der Waals surface area contributed by atoms with Gasteiger partial charge < -0.3 is 4.74 Å². The molecule has 0 N–H and O–H groups in total. The lowest BCUT2D eigenvalue weighted by atomic mass is 10.2. The van der Waals surface area contributed by atoms with Gasteiger partial charge in [0.15, 0.2) is 0 Å². The van der Waals surface area contributed by atoms with Gasteiger partial charge in [-0.1, -0.05) is 29.3 Å². The Morgan fingerprint density at radius 3 is 2.43 bits per heavy atom. The van der Waals surface area contributed by atoms with E-state index in [9.17, 15) is 14.9 Å². The highest BCUT2D eigenvalue weighted by atomic mass is 79.9. The van der Waals surface area contributed by atoms with E-state index in [1.165, 1.54) is 16.8 Å². The number of hydrogen-bond donors (Lipinski definition) is 0. The molecule has 1 heterocycles. The lowest BCUT2D eigenvalue weighted by Gasteiger charge is -2.12. The van der Waals surface area contributed by atoms with Crippen LogP contribution in [0.5, 0.6) is 5.75 Å². The van der Waals surface area contributed by atoms with E-state index in [1.807, 2.05) is 24.3 Å². The van der Waals surface area contributed by atoms with Crippen LogP contribution in [-0.2, 0) is 13.0 Å². The predicted octanol–water partition coefficient (Wildman–Crippen LogP) is 7.40. The van der Waals surface area contributed by atoms with Crippen molar-refractivity contribution >= 4 is 70.6 Å². The summed E-state index contributed by atoms with van der Waals surface area (Å²) in [6, 6.07) is 15.3. The van der Waals surface area contributed by atoms with Crippen LogP contribution in [0.2, 0.25) is 0 Å². The van der Waals surface area contributed by atoms with Gasteiger partial charge in [-0.2, -0.15) is 9.78 Å². The lowest BCUT2D eigenvalue weighted by Crippen LogP contribution is -2.22. The number of aromatic nitrogens is 2. The molecule has 4 rings (SSSR count). The van der Waals surface area contributed by atoms with E-state index in [-0.39, 0.29) is 17.9 Å². The van der Waals surface area contributed by atoms with Crippen LogP contribution in [0.3, 0.4) is 0 Å². The van der Waals surface area contributed by atoms with Gasteiger partial charge in [0.05, 0.1) is 31.0 Å². The molecule has 4 aromatic rings. The number of non-ortho nitro benzene ring substituents is 1. The molecule has 0 aliphatic rings. The van der Waals surface area contributed by atoms with Crippen molar-refractivity contribution in [1.82, 2.24) is 9.66 Å². The first kappa shape index (κ1) is 27.2. The molecule has 0 spiro atoms. The van der Waals surface area contributed by atoms with Crippen molar-refractivity contribution < 1.29 is 9.66 Å². The van der Waals surface area contributed by atoms with Crippen LogP contribution < -0.4 is 10.3 Å². The minimum absolute atomic E-state index is 0.0287. The second-order valence-corrected chi connectivity index (χ2v) is 10.8. The van der Waals surface area contributed by atoms with Gasteiger partial charge in [0.2, 0.25) is 0 Å². The monoisotopic (exact) mass is 690 g/mol. The summed E-state index contributed by atoms with van der Waals surface area (Å²) in [5, 5.41) is 15.8. The van der Waals surface area contributed by atoms with Crippen molar-refractivity contribution in [1.29, 1.82) is 0 Å². The van der Waals surface area contributed by atoms with E-state index in [4.69, 9.17) is 9.72 Å². The second kappa shape index (κ2) is 12.1. The summed E-state index contributed by atoms with van der Waals surface area (Å²) in [7, 11) is 0. The molecule has 190 valence electrons. The molecule has 0 unspecified atom stereocenters. The third-order valence-electron chi connectivity index (χ3n) is 5.50. The fourth-order valence-corrected chi connectivity index (χ4v) is 5.41. The molecular weight excluding hydrogens is 672 g/mol. The smallest absolute Gasteiger partial charge is 0.282 e. The van der Waals surface area contributed by atoms with E-state index in [2.05, 4.69) is 59.8 Å². The van der Waals surface area contributed by atoms with Gasteiger partial charge in [0, 0.05) is 23.0 Å². The fraction of sp³-hybridized carbons (Fsp3) is 0.192. The lowest BCUT2D eigenvalue weighted by molar-refractivity contribution is -0.384. The highest BCUT2D eigenvalue weighted by Crippen LogP contribution is 2.35. The number of rotatable bonds is 9. The van der Waals surface area contributed by atoms with Gasteiger partial charge in [-0.15, -0.1) is 0 Å². The first-order valence-corrected chi connectivity index (χ1v) is 13.8. The molecule has 1 aromatic heterocycles. The number of benzene rings is 3. The van der Waals surface area contributed by atoms with Gasteiger partial charge in [-0.05, 0) is 91.9 Å². The molecule has 0 radical (unpaired) electrons. The summed E-state index contributed by atoms with van der Waals surface area (Å²) in [5.41, 5.74) is 1.98. The van der Waals surface area contributed by atoms with Crippen molar-refractivity contribution in [3.63, 3.8) is 0 Å². The van der Waals surface area contributed by atoms with Gasteiger partial charge in [0.1, 0.15) is 18.2 Å². The molecule has 37 heavy (non-hydrogen) atoms. The largest absolute Gasteiger partial charge is 0.487 e. The maximum atomic E-state index is 13.3. The SMILES string of the molecule is CCCCc1nc2ccc(Br)cc2c(=O)n1N=Cc1cc(Br)c(OCc2ccc([N+](=O)[O-])cc2)c(Br)c1. The van der Waals surface area contributed by atoms with Gasteiger partial charge in [-0.25, -0.2) is 4.98 Å². The fourth-order valence-electron chi connectivity index (χ4n) is 3.60. The second-order valence-electron chi connectivity index (χ2n) is 8.18. The van der Waals surface area contributed by atoms with E-state index in [1.54, 1.807) is 24.4 Å². The van der Waals surface area contributed by atoms with Gasteiger partial charge >= 0.3 is 0 Å². The van der Waals surface area contributed by atoms with Crippen LogP contribution in [-0.4, -0.2) is 20.8 Å². The van der Waals surface area contributed by atoms with Crippen LogP contribution in [0.4, 0.5) is 5.69 Å². The zero-order valence-corrected chi connectivity index (χ0v) is 24.4. The molecule has 0 saturated heterocycles. The first-order chi connectivity index (χ1) is 17.8. The average molecular weight is 693 g/mol. The third-order valence-corrected chi connectivity index (χ3v) is 7.17. The molecular formula is C26H21Br3N4O4. The molecule has 3 aromatic carbocycles. The Hall–Kier alpha value is -2.89. The summed E-state index contributed by atoms with van der Waals surface area (Å²) in [4.78, 5) is 28.4. The summed E-state index contributed by atoms with van der Waals surface area (Å²) in [6.45, 7) is 2.32. The normalized spacial score (nSPS) is 11.4. The zero-order valence-electron chi connectivity index (χ0n) is 19.7. The molecule has 0 aliphatic heterocycles. The van der Waals surface area contributed by atoms with Gasteiger partial charge in [0.25, 0.3) is 11.2 Å². The van der Waals surface area contributed by atoms with E-state index in [0.29, 0.717) is 37.8 Å². The highest BCUT2D eigenvalue weighted by molar-refractivity contribution is 9.11. The summed E-state index contributed by atoms with van der Waals surface area (Å²) in [6.07, 6.45) is 4.11. The van der Waals surface area contributed by atoms with Crippen LogP contribution >= 0.6 is 47.8 Å². The minimum atomic E-state index is -0.439.